The van der Waals surface area contributed by atoms with Crippen molar-refractivity contribution < 1.29 is 17.6 Å². The molecule has 174 valence electrons. The van der Waals surface area contributed by atoms with Gasteiger partial charge in [-0.1, -0.05) is 48.5 Å². The van der Waals surface area contributed by atoms with Gasteiger partial charge in [-0.25, -0.2) is 8.42 Å². The summed E-state index contributed by atoms with van der Waals surface area (Å²) in [6.07, 6.45) is 1.15. The van der Waals surface area contributed by atoms with Crippen LogP contribution in [0.2, 0.25) is 0 Å². The van der Waals surface area contributed by atoms with Gasteiger partial charge >= 0.3 is 0 Å². The fourth-order valence-corrected chi connectivity index (χ4v) is 4.56. The third-order valence-electron chi connectivity index (χ3n) is 6.10. The number of carbonyl (C=O) groups excluding carboxylic acids is 1. The van der Waals surface area contributed by atoms with Crippen LogP contribution in [0.25, 0.3) is 22.3 Å². The third-order valence-corrected chi connectivity index (χ3v) is 7.23. The number of para-hydroxylation sites is 1. The summed E-state index contributed by atoms with van der Waals surface area (Å²) in [7, 11) is -1.64. The molecule has 0 N–H and O–H groups in total. The van der Waals surface area contributed by atoms with Crippen molar-refractivity contribution in [1.29, 1.82) is 0 Å². The normalized spacial score (nSPS) is 12.5. The van der Waals surface area contributed by atoms with Crippen LogP contribution >= 0.6 is 0 Å². The van der Waals surface area contributed by atoms with Crippen LogP contribution < -0.4 is 5.43 Å². The molecule has 34 heavy (non-hydrogen) atoms. The van der Waals surface area contributed by atoms with Gasteiger partial charge < -0.3 is 9.32 Å². The number of amides is 1. The van der Waals surface area contributed by atoms with Gasteiger partial charge in [-0.3, -0.25) is 9.59 Å². The SMILES string of the molecule is Cc1c(-c2ccccc2)oc2c(C(=O)N(C)[C@H](C)c3ccc(S(C)(=O)=O)cc3)cccc2c1=O. The average molecular weight is 476 g/mol. The van der Waals surface area contributed by atoms with Crippen LogP contribution in [-0.4, -0.2) is 32.5 Å². The lowest BCUT2D eigenvalue weighted by Gasteiger charge is -2.26. The predicted octanol–water partition coefficient (Wildman–Crippen LogP) is 5.01. The molecule has 0 aliphatic carbocycles. The largest absolute Gasteiger partial charge is 0.455 e. The molecular formula is C27H25NO5S. The first-order valence-electron chi connectivity index (χ1n) is 10.8. The summed E-state index contributed by atoms with van der Waals surface area (Å²) in [5.41, 5.74) is 2.37. The van der Waals surface area contributed by atoms with Gasteiger partial charge in [0.25, 0.3) is 5.91 Å². The lowest BCUT2D eigenvalue weighted by atomic mass is 10.0. The van der Waals surface area contributed by atoms with Gasteiger partial charge in [-0.15, -0.1) is 0 Å². The molecule has 0 spiro atoms. The summed E-state index contributed by atoms with van der Waals surface area (Å²) < 4.78 is 29.7. The molecule has 1 atom stereocenters. The van der Waals surface area contributed by atoms with Crippen molar-refractivity contribution in [3.05, 3.63) is 99.7 Å². The summed E-state index contributed by atoms with van der Waals surface area (Å²) in [4.78, 5) is 28.4. The highest BCUT2D eigenvalue weighted by Crippen LogP contribution is 2.29. The average Bonchev–Trinajstić information content (AvgIpc) is 2.84. The maximum Gasteiger partial charge on any atom is 0.257 e. The first-order chi connectivity index (χ1) is 16.1. The Bertz CT molecular complexity index is 1540. The molecule has 6 nitrogen and oxygen atoms in total. The van der Waals surface area contributed by atoms with E-state index < -0.39 is 9.84 Å². The molecule has 0 unspecified atom stereocenters. The summed E-state index contributed by atoms with van der Waals surface area (Å²) in [5.74, 6) is 0.127. The van der Waals surface area contributed by atoms with E-state index in [0.29, 0.717) is 16.7 Å². The molecule has 1 amide bonds. The quantitative estimate of drug-likeness (QED) is 0.405. The molecule has 0 saturated heterocycles. The molecule has 0 aliphatic rings. The van der Waals surface area contributed by atoms with Crippen molar-refractivity contribution >= 4 is 26.7 Å². The molecule has 0 saturated carbocycles. The van der Waals surface area contributed by atoms with E-state index in [1.807, 2.05) is 37.3 Å². The highest BCUT2D eigenvalue weighted by Gasteiger charge is 2.24. The van der Waals surface area contributed by atoms with Crippen molar-refractivity contribution in [3.8, 4) is 11.3 Å². The number of nitrogens with zero attached hydrogens (tertiary/aromatic N) is 1. The molecule has 1 heterocycles. The first-order valence-corrected chi connectivity index (χ1v) is 12.7. The van der Waals surface area contributed by atoms with Crippen LogP contribution in [0.3, 0.4) is 0 Å². The molecule has 0 radical (unpaired) electrons. The summed E-state index contributed by atoms with van der Waals surface area (Å²) in [6, 6.07) is 20.4. The van der Waals surface area contributed by atoms with Crippen LogP contribution in [0.1, 0.15) is 34.5 Å². The number of hydrogen-bond acceptors (Lipinski definition) is 5. The molecular weight excluding hydrogens is 450 g/mol. The van der Waals surface area contributed by atoms with Crippen LogP contribution in [-0.2, 0) is 9.84 Å². The predicted molar refractivity (Wildman–Crippen MR) is 133 cm³/mol. The molecule has 0 bridgehead atoms. The van der Waals surface area contributed by atoms with Crippen molar-refractivity contribution in [2.75, 3.05) is 13.3 Å². The second-order valence-corrected chi connectivity index (χ2v) is 10.4. The standard InChI is InChI=1S/C27H25NO5S/c1-17-24(29)22-11-8-12-23(26(22)33-25(17)20-9-6-5-7-10-20)27(30)28(3)18(2)19-13-15-21(16-14-19)34(4,31)32/h5-16,18H,1-4H3/t18-/m1/s1. The van der Waals surface area contributed by atoms with Crippen molar-refractivity contribution in [2.24, 2.45) is 0 Å². The summed E-state index contributed by atoms with van der Waals surface area (Å²) >= 11 is 0. The van der Waals surface area contributed by atoms with E-state index in [1.54, 1.807) is 49.2 Å². The van der Waals surface area contributed by atoms with Gasteiger partial charge in [-0.05, 0) is 43.7 Å². The van der Waals surface area contributed by atoms with E-state index >= 15 is 0 Å². The van der Waals surface area contributed by atoms with Gasteiger partial charge in [0.05, 0.1) is 21.9 Å². The second kappa shape index (κ2) is 8.91. The number of rotatable bonds is 5. The van der Waals surface area contributed by atoms with Gasteiger partial charge in [-0.2, -0.15) is 0 Å². The van der Waals surface area contributed by atoms with E-state index in [1.165, 1.54) is 12.1 Å². The van der Waals surface area contributed by atoms with E-state index in [4.69, 9.17) is 4.42 Å². The Balaban J connectivity index is 1.76. The topological polar surface area (TPSA) is 84.7 Å². The minimum atomic E-state index is -3.31. The number of sulfone groups is 1. The van der Waals surface area contributed by atoms with Gasteiger partial charge in [0.2, 0.25) is 0 Å². The highest BCUT2D eigenvalue weighted by atomic mass is 32.2. The van der Waals surface area contributed by atoms with Gasteiger partial charge in [0.15, 0.2) is 20.8 Å². The van der Waals surface area contributed by atoms with Crippen LogP contribution in [0, 0.1) is 6.92 Å². The number of carbonyl (C=O) groups is 1. The highest BCUT2D eigenvalue weighted by molar-refractivity contribution is 7.90. The molecule has 3 aromatic carbocycles. The van der Waals surface area contributed by atoms with E-state index in [-0.39, 0.29) is 33.4 Å². The molecule has 4 aromatic rings. The van der Waals surface area contributed by atoms with E-state index in [2.05, 4.69) is 0 Å². The second-order valence-electron chi connectivity index (χ2n) is 8.37. The third kappa shape index (κ3) is 4.26. The first kappa shape index (κ1) is 23.4. The van der Waals surface area contributed by atoms with Crippen LogP contribution in [0.5, 0.6) is 0 Å². The Labute approximate surface area is 198 Å². The molecule has 1 aromatic heterocycles. The fraction of sp³-hybridized carbons (Fsp3) is 0.185. The smallest absolute Gasteiger partial charge is 0.257 e. The number of hydrogen-bond donors (Lipinski definition) is 0. The number of benzene rings is 3. The van der Waals surface area contributed by atoms with Crippen molar-refractivity contribution in [3.63, 3.8) is 0 Å². The maximum absolute atomic E-state index is 13.5. The van der Waals surface area contributed by atoms with Crippen LogP contribution in [0.15, 0.2) is 86.9 Å². The lowest BCUT2D eigenvalue weighted by molar-refractivity contribution is 0.0743. The molecule has 0 fully saturated rings. The Kier molecular flexibility index (Phi) is 6.15. The van der Waals surface area contributed by atoms with Gasteiger partial charge in [0.1, 0.15) is 5.76 Å². The summed E-state index contributed by atoms with van der Waals surface area (Å²) in [6.45, 7) is 3.57. The zero-order chi connectivity index (χ0) is 24.6. The number of fused-ring (bicyclic) bond motifs is 1. The van der Waals surface area contributed by atoms with Crippen molar-refractivity contribution in [2.45, 2.75) is 24.8 Å². The summed E-state index contributed by atoms with van der Waals surface area (Å²) in [5, 5.41) is 0.349. The minimum Gasteiger partial charge on any atom is -0.455 e. The monoisotopic (exact) mass is 475 g/mol. The fourth-order valence-electron chi connectivity index (χ4n) is 3.93. The van der Waals surface area contributed by atoms with E-state index in [9.17, 15) is 18.0 Å². The van der Waals surface area contributed by atoms with Crippen LogP contribution in [0.4, 0.5) is 0 Å². The lowest BCUT2D eigenvalue weighted by Crippen LogP contribution is -2.30. The van der Waals surface area contributed by atoms with Gasteiger partial charge in [0, 0.05) is 24.4 Å². The maximum atomic E-state index is 13.5. The molecule has 7 heteroatoms. The Morgan fingerprint density at radius 2 is 1.59 bits per heavy atom. The molecule has 0 aliphatic heterocycles. The Morgan fingerprint density at radius 3 is 2.21 bits per heavy atom. The Hall–Kier alpha value is -3.71. The molecule has 4 rings (SSSR count). The zero-order valence-corrected chi connectivity index (χ0v) is 20.2. The van der Waals surface area contributed by atoms with E-state index in [0.717, 1.165) is 17.4 Å². The zero-order valence-electron chi connectivity index (χ0n) is 19.4. The Morgan fingerprint density at radius 1 is 0.941 bits per heavy atom. The minimum absolute atomic E-state index is 0.179. The van der Waals surface area contributed by atoms with Crippen molar-refractivity contribution in [1.82, 2.24) is 4.90 Å².